The lowest BCUT2D eigenvalue weighted by molar-refractivity contribution is -0.137. The van der Waals surface area contributed by atoms with Gasteiger partial charge in [-0.25, -0.2) is 4.98 Å². The molecule has 0 amide bonds. The Morgan fingerprint density at radius 3 is 2.79 bits per heavy atom. The first-order valence-electron chi connectivity index (χ1n) is 8.56. The van der Waals surface area contributed by atoms with Crippen molar-refractivity contribution in [1.29, 1.82) is 0 Å². The number of para-hydroxylation sites is 1. The third-order valence-electron chi connectivity index (χ3n) is 4.41. The minimum Gasteiger partial charge on any atom is -0.480 e. The molecule has 28 heavy (non-hydrogen) atoms. The molecule has 7 nitrogen and oxygen atoms in total. The number of carbonyl (C=O) groups is 1. The molecule has 2 N–H and O–H groups in total. The molecule has 0 saturated carbocycles. The number of hydrogen-bond donors (Lipinski definition) is 2. The number of furan rings is 1. The maximum atomic E-state index is 12.6. The standard InChI is InChI=1S/C20H17N3O4S/c1-28-20-22-10-15(19(26)23(20)11-18(24)25)21-9-12-6-7-17-14(8-12)13-4-2-3-5-16(13)27-17/h2-8,10,21H,9,11H2,1H3,(H,24,25). The highest BCUT2D eigenvalue weighted by atomic mass is 32.2. The van der Waals surface area contributed by atoms with E-state index < -0.39 is 18.1 Å². The van der Waals surface area contributed by atoms with E-state index in [-0.39, 0.29) is 5.69 Å². The van der Waals surface area contributed by atoms with Gasteiger partial charge in [0.1, 0.15) is 23.4 Å². The van der Waals surface area contributed by atoms with Crippen molar-refractivity contribution in [1.82, 2.24) is 9.55 Å². The van der Waals surface area contributed by atoms with Gasteiger partial charge in [-0.2, -0.15) is 0 Å². The molecule has 0 unspecified atom stereocenters. The van der Waals surface area contributed by atoms with Crippen molar-refractivity contribution in [3.63, 3.8) is 0 Å². The van der Waals surface area contributed by atoms with E-state index in [1.165, 1.54) is 18.0 Å². The highest BCUT2D eigenvalue weighted by Gasteiger charge is 2.13. The monoisotopic (exact) mass is 395 g/mol. The molecular weight excluding hydrogens is 378 g/mol. The molecule has 0 aliphatic rings. The van der Waals surface area contributed by atoms with Gasteiger partial charge in [-0.3, -0.25) is 14.2 Å². The van der Waals surface area contributed by atoms with Crippen LogP contribution in [0.4, 0.5) is 5.69 Å². The Labute approximate surface area is 164 Å². The van der Waals surface area contributed by atoms with E-state index in [4.69, 9.17) is 9.52 Å². The van der Waals surface area contributed by atoms with E-state index in [2.05, 4.69) is 10.3 Å². The van der Waals surface area contributed by atoms with Crippen LogP contribution in [0.2, 0.25) is 0 Å². The van der Waals surface area contributed by atoms with Gasteiger partial charge in [-0.05, 0) is 30.0 Å². The molecule has 142 valence electrons. The van der Waals surface area contributed by atoms with Gasteiger partial charge in [0.25, 0.3) is 5.56 Å². The Morgan fingerprint density at radius 1 is 1.21 bits per heavy atom. The summed E-state index contributed by atoms with van der Waals surface area (Å²) in [5, 5.41) is 14.5. The fraction of sp³-hybridized carbons (Fsp3) is 0.150. The van der Waals surface area contributed by atoms with Crippen LogP contribution in [0.15, 0.2) is 63.0 Å². The van der Waals surface area contributed by atoms with Crippen molar-refractivity contribution in [2.24, 2.45) is 0 Å². The summed E-state index contributed by atoms with van der Waals surface area (Å²) in [6.45, 7) is -0.0253. The minimum atomic E-state index is -1.09. The van der Waals surface area contributed by atoms with E-state index >= 15 is 0 Å². The van der Waals surface area contributed by atoms with Gasteiger partial charge in [-0.1, -0.05) is 36.0 Å². The van der Waals surface area contributed by atoms with Gasteiger partial charge in [0.2, 0.25) is 0 Å². The van der Waals surface area contributed by atoms with Crippen molar-refractivity contribution >= 4 is 45.4 Å². The number of carboxylic acid groups (broad SMARTS) is 1. The van der Waals surface area contributed by atoms with Gasteiger partial charge in [0.05, 0.1) is 6.20 Å². The first-order valence-corrected chi connectivity index (χ1v) is 9.79. The predicted octanol–water partition coefficient (Wildman–Crippen LogP) is 3.56. The van der Waals surface area contributed by atoms with Gasteiger partial charge < -0.3 is 14.8 Å². The van der Waals surface area contributed by atoms with Crippen LogP contribution < -0.4 is 10.9 Å². The zero-order valence-electron chi connectivity index (χ0n) is 15.0. The Morgan fingerprint density at radius 2 is 2.00 bits per heavy atom. The fourth-order valence-electron chi connectivity index (χ4n) is 3.12. The van der Waals surface area contributed by atoms with E-state index in [0.29, 0.717) is 11.7 Å². The Balaban J connectivity index is 1.63. The fourth-order valence-corrected chi connectivity index (χ4v) is 3.64. The molecule has 0 aliphatic heterocycles. The highest BCUT2D eigenvalue weighted by Crippen LogP contribution is 2.29. The number of fused-ring (bicyclic) bond motifs is 3. The summed E-state index contributed by atoms with van der Waals surface area (Å²) < 4.78 is 6.98. The lowest BCUT2D eigenvalue weighted by Gasteiger charge is -2.11. The molecule has 0 atom stereocenters. The molecule has 2 aromatic heterocycles. The molecule has 0 bridgehead atoms. The van der Waals surface area contributed by atoms with E-state index in [0.717, 1.165) is 32.1 Å². The molecule has 0 fully saturated rings. The summed E-state index contributed by atoms with van der Waals surface area (Å²) in [5.74, 6) is -1.09. The molecule has 0 saturated heterocycles. The Kier molecular flexibility index (Phi) is 4.79. The lowest BCUT2D eigenvalue weighted by atomic mass is 10.1. The molecule has 0 radical (unpaired) electrons. The van der Waals surface area contributed by atoms with Crippen LogP contribution in [0.1, 0.15) is 5.56 Å². The highest BCUT2D eigenvalue weighted by molar-refractivity contribution is 7.98. The number of carboxylic acids is 1. The number of thioether (sulfide) groups is 1. The average Bonchev–Trinajstić information content (AvgIpc) is 3.06. The number of benzene rings is 2. The predicted molar refractivity (Wildman–Crippen MR) is 109 cm³/mol. The minimum absolute atomic E-state index is 0.260. The van der Waals surface area contributed by atoms with Crippen molar-refractivity contribution in [2.45, 2.75) is 18.2 Å². The quantitative estimate of drug-likeness (QED) is 0.380. The number of anilines is 1. The van der Waals surface area contributed by atoms with Crippen molar-refractivity contribution < 1.29 is 14.3 Å². The third-order valence-corrected chi connectivity index (χ3v) is 5.10. The summed E-state index contributed by atoms with van der Waals surface area (Å²) >= 11 is 1.23. The summed E-state index contributed by atoms with van der Waals surface area (Å²) in [5.41, 5.74) is 2.46. The van der Waals surface area contributed by atoms with Gasteiger partial charge >= 0.3 is 5.97 Å². The van der Waals surface area contributed by atoms with Gasteiger partial charge in [0, 0.05) is 17.3 Å². The third kappa shape index (κ3) is 3.34. The SMILES string of the molecule is CSc1ncc(NCc2ccc3oc4ccccc4c3c2)c(=O)n1CC(=O)O. The molecule has 0 aliphatic carbocycles. The normalized spacial score (nSPS) is 11.2. The van der Waals surface area contributed by atoms with E-state index in [1.807, 2.05) is 42.5 Å². The van der Waals surface area contributed by atoms with Crippen molar-refractivity contribution in [3.8, 4) is 0 Å². The zero-order chi connectivity index (χ0) is 19.7. The molecule has 4 aromatic rings. The van der Waals surface area contributed by atoms with Crippen molar-refractivity contribution in [2.75, 3.05) is 11.6 Å². The van der Waals surface area contributed by atoms with E-state index in [9.17, 15) is 9.59 Å². The molecule has 2 aromatic carbocycles. The summed E-state index contributed by atoms with van der Waals surface area (Å²) in [7, 11) is 0. The average molecular weight is 395 g/mol. The van der Waals surface area contributed by atoms with Crippen LogP contribution in [0, 0.1) is 0 Å². The number of rotatable bonds is 6. The number of nitrogens with one attached hydrogen (secondary N) is 1. The first-order chi connectivity index (χ1) is 13.6. The number of aromatic nitrogens is 2. The van der Waals surface area contributed by atoms with Crippen molar-refractivity contribution in [3.05, 3.63) is 64.6 Å². The summed E-state index contributed by atoms with van der Waals surface area (Å²) in [6.07, 6.45) is 3.19. The molecular formula is C20H17N3O4S. The number of hydrogen-bond acceptors (Lipinski definition) is 6. The maximum absolute atomic E-state index is 12.6. The van der Waals surface area contributed by atoms with Crippen LogP contribution in [0.3, 0.4) is 0 Å². The Bertz CT molecular complexity index is 1250. The topological polar surface area (TPSA) is 97.4 Å². The largest absolute Gasteiger partial charge is 0.480 e. The van der Waals surface area contributed by atoms with Crippen LogP contribution in [-0.2, 0) is 17.9 Å². The number of nitrogens with zero attached hydrogens (tertiary/aromatic N) is 2. The summed E-state index contributed by atoms with van der Waals surface area (Å²) in [4.78, 5) is 27.9. The second-order valence-electron chi connectivity index (χ2n) is 6.23. The van der Waals surface area contributed by atoms with Crippen LogP contribution in [-0.4, -0.2) is 26.9 Å². The van der Waals surface area contributed by atoms with Crippen LogP contribution in [0.25, 0.3) is 21.9 Å². The number of aliphatic carboxylic acids is 1. The molecule has 2 heterocycles. The second kappa shape index (κ2) is 7.40. The lowest BCUT2D eigenvalue weighted by Crippen LogP contribution is -2.28. The smallest absolute Gasteiger partial charge is 0.323 e. The van der Waals surface area contributed by atoms with Gasteiger partial charge in [0.15, 0.2) is 5.16 Å². The second-order valence-corrected chi connectivity index (χ2v) is 7.00. The molecule has 4 rings (SSSR count). The zero-order valence-corrected chi connectivity index (χ0v) is 15.8. The summed E-state index contributed by atoms with van der Waals surface area (Å²) in [6, 6.07) is 13.7. The molecule has 0 spiro atoms. The van der Waals surface area contributed by atoms with Gasteiger partial charge in [-0.15, -0.1) is 0 Å². The Hall–Kier alpha value is -3.26. The molecule has 8 heteroatoms. The van der Waals surface area contributed by atoms with Crippen LogP contribution >= 0.6 is 11.8 Å². The maximum Gasteiger partial charge on any atom is 0.323 e. The van der Waals surface area contributed by atoms with E-state index in [1.54, 1.807) is 6.26 Å². The first kappa shape index (κ1) is 18.1. The van der Waals surface area contributed by atoms with Crippen LogP contribution in [0.5, 0.6) is 0 Å².